The Kier molecular flexibility index (Phi) is 3.06. The van der Waals surface area contributed by atoms with Crippen LogP contribution in [0.5, 0.6) is 0 Å². The number of hydrogen-bond donors (Lipinski definition) is 2. The third-order valence-corrected chi connectivity index (χ3v) is 2.39. The molecule has 4 nitrogen and oxygen atoms in total. The standard InChI is InChI=1S/C8H12F2O4/c9-8(10,6(11)12)7(13)2-1-4-14-5-3-7/h13H,1-5H2,(H,11,12). The van der Waals surface area contributed by atoms with E-state index in [-0.39, 0.29) is 32.5 Å². The summed E-state index contributed by atoms with van der Waals surface area (Å²) in [5.74, 6) is -6.40. The second kappa shape index (κ2) is 3.78. The number of carboxylic acids is 1. The van der Waals surface area contributed by atoms with Crippen molar-refractivity contribution in [3.63, 3.8) is 0 Å². The van der Waals surface area contributed by atoms with E-state index in [1.807, 2.05) is 0 Å². The van der Waals surface area contributed by atoms with Crippen LogP contribution in [0.3, 0.4) is 0 Å². The van der Waals surface area contributed by atoms with E-state index in [1.165, 1.54) is 0 Å². The predicted molar refractivity (Wildman–Crippen MR) is 42.2 cm³/mol. The van der Waals surface area contributed by atoms with Crippen LogP contribution in [0.15, 0.2) is 0 Å². The summed E-state index contributed by atoms with van der Waals surface area (Å²) in [5.41, 5.74) is -2.48. The smallest absolute Gasteiger partial charge is 0.377 e. The minimum atomic E-state index is -4.11. The lowest BCUT2D eigenvalue weighted by molar-refractivity contribution is -0.211. The molecule has 1 rings (SSSR count). The molecule has 1 heterocycles. The molecule has 0 saturated carbocycles. The molecular weight excluding hydrogens is 198 g/mol. The fourth-order valence-electron chi connectivity index (χ4n) is 1.45. The molecule has 1 saturated heterocycles. The van der Waals surface area contributed by atoms with Crippen molar-refractivity contribution in [2.24, 2.45) is 0 Å². The Hall–Kier alpha value is -0.750. The van der Waals surface area contributed by atoms with Crippen molar-refractivity contribution in [3.8, 4) is 0 Å². The SMILES string of the molecule is O=C(O)C(F)(F)C1(O)CCCOCC1. The van der Waals surface area contributed by atoms with Crippen LogP contribution in [0.4, 0.5) is 8.78 Å². The Labute approximate surface area is 79.5 Å². The summed E-state index contributed by atoms with van der Waals surface area (Å²) >= 11 is 0. The maximum Gasteiger partial charge on any atom is 0.377 e. The van der Waals surface area contributed by atoms with Crippen LogP contribution in [0.25, 0.3) is 0 Å². The van der Waals surface area contributed by atoms with Gasteiger partial charge in [0.1, 0.15) is 5.60 Å². The van der Waals surface area contributed by atoms with Gasteiger partial charge in [0.25, 0.3) is 0 Å². The van der Waals surface area contributed by atoms with Crippen molar-refractivity contribution >= 4 is 5.97 Å². The Bertz CT molecular complexity index is 221. The number of carboxylic acid groups (broad SMARTS) is 1. The van der Waals surface area contributed by atoms with Crippen LogP contribution in [-0.2, 0) is 9.53 Å². The van der Waals surface area contributed by atoms with Gasteiger partial charge in [-0.05, 0) is 12.8 Å². The van der Waals surface area contributed by atoms with E-state index in [2.05, 4.69) is 0 Å². The average molecular weight is 210 g/mol. The summed E-state index contributed by atoms with van der Waals surface area (Å²) in [6.07, 6.45) is -0.377. The van der Waals surface area contributed by atoms with Gasteiger partial charge in [-0.25, -0.2) is 4.79 Å². The van der Waals surface area contributed by atoms with Crippen molar-refractivity contribution in [2.45, 2.75) is 30.8 Å². The summed E-state index contributed by atoms with van der Waals surface area (Å²) in [6.45, 7) is 0.234. The van der Waals surface area contributed by atoms with Crippen LogP contribution in [0, 0.1) is 0 Å². The summed E-state index contributed by atoms with van der Waals surface area (Å²) in [7, 11) is 0. The highest BCUT2D eigenvalue weighted by molar-refractivity contribution is 5.77. The zero-order chi connectivity index (χ0) is 10.8. The lowest BCUT2D eigenvalue weighted by Gasteiger charge is -2.31. The molecule has 0 aromatic rings. The summed E-state index contributed by atoms with van der Waals surface area (Å²) in [6, 6.07) is 0. The number of hydrogen-bond acceptors (Lipinski definition) is 3. The first-order valence-corrected chi connectivity index (χ1v) is 4.31. The van der Waals surface area contributed by atoms with Crippen molar-refractivity contribution in [2.75, 3.05) is 13.2 Å². The summed E-state index contributed by atoms with van der Waals surface area (Å²) < 4.78 is 31.1. The van der Waals surface area contributed by atoms with Gasteiger partial charge >= 0.3 is 11.9 Å². The van der Waals surface area contributed by atoms with E-state index in [9.17, 15) is 18.7 Å². The fraction of sp³-hybridized carbons (Fsp3) is 0.875. The molecule has 0 radical (unpaired) electrons. The molecule has 0 aliphatic carbocycles. The number of rotatable bonds is 2. The molecule has 0 bridgehead atoms. The molecule has 0 aromatic carbocycles. The molecule has 0 spiro atoms. The number of aliphatic hydroxyl groups is 1. The number of aliphatic carboxylic acids is 1. The molecular formula is C8H12F2O4. The number of carbonyl (C=O) groups is 1. The maximum absolute atomic E-state index is 13.1. The van der Waals surface area contributed by atoms with Crippen molar-refractivity contribution < 1.29 is 28.5 Å². The first-order valence-electron chi connectivity index (χ1n) is 4.31. The van der Waals surface area contributed by atoms with Crippen molar-refractivity contribution in [3.05, 3.63) is 0 Å². The van der Waals surface area contributed by atoms with Gasteiger partial charge in [-0.15, -0.1) is 0 Å². The molecule has 1 unspecified atom stereocenters. The normalized spacial score (nSPS) is 29.6. The van der Waals surface area contributed by atoms with Crippen LogP contribution in [0.2, 0.25) is 0 Å². The molecule has 6 heteroatoms. The Morgan fingerprint density at radius 3 is 2.57 bits per heavy atom. The van der Waals surface area contributed by atoms with Crippen molar-refractivity contribution in [1.29, 1.82) is 0 Å². The molecule has 1 aliphatic heterocycles. The van der Waals surface area contributed by atoms with Crippen LogP contribution >= 0.6 is 0 Å². The molecule has 2 N–H and O–H groups in total. The number of alkyl halides is 2. The third kappa shape index (κ3) is 1.85. The van der Waals surface area contributed by atoms with Gasteiger partial charge in [0.15, 0.2) is 0 Å². The largest absolute Gasteiger partial charge is 0.477 e. The zero-order valence-corrected chi connectivity index (χ0v) is 7.50. The first kappa shape index (κ1) is 11.3. The maximum atomic E-state index is 13.1. The second-order valence-corrected chi connectivity index (χ2v) is 3.38. The van der Waals surface area contributed by atoms with E-state index >= 15 is 0 Å². The second-order valence-electron chi connectivity index (χ2n) is 3.38. The van der Waals surface area contributed by atoms with E-state index in [0.717, 1.165) is 0 Å². The molecule has 14 heavy (non-hydrogen) atoms. The fourth-order valence-corrected chi connectivity index (χ4v) is 1.45. The monoisotopic (exact) mass is 210 g/mol. The summed E-state index contributed by atoms with van der Waals surface area (Å²) in [4.78, 5) is 10.3. The van der Waals surface area contributed by atoms with E-state index in [4.69, 9.17) is 9.84 Å². The Morgan fingerprint density at radius 2 is 2.00 bits per heavy atom. The quantitative estimate of drug-likeness (QED) is 0.701. The lowest BCUT2D eigenvalue weighted by atomic mass is 9.88. The van der Waals surface area contributed by atoms with E-state index in [1.54, 1.807) is 0 Å². The highest BCUT2D eigenvalue weighted by atomic mass is 19.3. The lowest BCUT2D eigenvalue weighted by Crippen LogP contribution is -2.53. The van der Waals surface area contributed by atoms with Gasteiger partial charge in [-0.2, -0.15) is 8.78 Å². The van der Waals surface area contributed by atoms with Gasteiger partial charge in [-0.3, -0.25) is 0 Å². The highest BCUT2D eigenvalue weighted by Crippen LogP contribution is 2.37. The van der Waals surface area contributed by atoms with Gasteiger partial charge in [0.2, 0.25) is 0 Å². The molecule has 1 aliphatic rings. The molecule has 0 amide bonds. The number of ether oxygens (including phenoxy) is 1. The van der Waals surface area contributed by atoms with Crippen LogP contribution in [-0.4, -0.2) is 40.9 Å². The predicted octanol–water partition coefficient (Wildman–Crippen LogP) is 0.638. The average Bonchev–Trinajstić information content (AvgIpc) is 2.30. The zero-order valence-electron chi connectivity index (χ0n) is 7.50. The number of halogens is 2. The Morgan fingerprint density at radius 1 is 1.36 bits per heavy atom. The van der Waals surface area contributed by atoms with Gasteiger partial charge in [-0.1, -0.05) is 0 Å². The third-order valence-electron chi connectivity index (χ3n) is 2.39. The van der Waals surface area contributed by atoms with Crippen LogP contribution in [0.1, 0.15) is 19.3 Å². The highest BCUT2D eigenvalue weighted by Gasteiger charge is 2.58. The minimum Gasteiger partial charge on any atom is -0.477 e. The Balaban J connectivity index is 2.85. The summed E-state index contributed by atoms with van der Waals surface area (Å²) in [5, 5.41) is 17.8. The van der Waals surface area contributed by atoms with Crippen LogP contribution < -0.4 is 0 Å². The molecule has 1 atom stereocenters. The molecule has 82 valence electrons. The van der Waals surface area contributed by atoms with Crippen molar-refractivity contribution in [1.82, 2.24) is 0 Å². The van der Waals surface area contributed by atoms with Gasteiger partial charge in [0, 0.05) is 19.6 Å². The van der Waals surface area contributed by atoms with E-state index < -0.39 is 17.5 Å². The van der Waals surface area contributed by atoms with Gasteiger partial charge in [0.05, 0.1) is 0 Å². The van der Waals surface area contributed by atoms with Gasteiger partial charge < -0.3 is 14.9 Å². The molecule has 0 aromatic heterocycles. The van der Waals surface area contributed by atoms with E-state index in [0.29, 0.717) is 0 Å². The minimum absolute atomic E-state index is 0.0423. The topological polar surface area (TPSA) is 66.8 Å². The molecule has 1 fully saturated rings. The first-order chi connectivity index (χ1) is 6.40.